The maximum absolute atomic E-state index is 4.66. The molecule has 19 heavy (non-hydrogen) atoms. The Morgan fingerprint density at radius 3 is 2.32 bits per heavy atom. The second-order valence-corrected chi connectivity index (χ2v) is 6.89. The lowest BCUT2D eigenvalue weighted by atomic mass is 10.2. The largest absolute Gasteiger partial charge is 0.352 e. The standard InChI is InChI=1S/C13H20N4S2/c1-7(2)11-16-13(19-17-11)14-9(5)10-6-18-12(15-10)8(3)4/h6-9H,1-5H3,(H,14,16,17). The van der Waals surface area contributed by atoms with E-state index >= 15 is 0 Å². The van der Waals surface area contributed by atoms with Gasteiger partial charge in [0.05, 0.1) is 16.7 Å². The van der Waals surface area contributed by atoms with Crippen LogP contribution in [0.4, 0.5) is 5.13 Å². The highest BCUT2D eigenvalue weighted by Crippen LogP contribution is 2.26. The van der Waals surface area contributed by atoms with Gasteiger partial charge in [0.15, 0.2) is 0 Å². The van der Waals surface area contributed by atoms with Gasteiger partial charge in [-0.15, -0.1) is 11.3 Å². The van der Waals surface area contributed by atoms with Crippen LogP contribution in [0.3, 0.4) is 0 Å². The fourth-order valence-electron chi connectivity index (χ4n) is 1.55. The molecule has 2 heterocycles. The van der Waals surface area contributed by atoms with Crippen LogP contribution >= 0.6 is 22.9 Å². The van der Waals surface area contributed by atoms with Crippen molar-refractivity contribution in [1.29, 1.82) is 0 Å². The van der Waals surface area contributed by atoms with Crippen LogP contribution in [0.25, 0.3) is 0 Å². The molecule has 1 N–H and O–H groups in total. The topological polar surface area (TPSA) is 50.7 Å². The molecule has 0 saturated heterocycles. The summed E-state index contributed by atoms with van der Waals surface area (Å²) in [4.78, 5) is 9.15. The highest BCUT2D eigenvalue weighted by molar-refractivity contribution is 7.10. The molecular weight excluding hydrogens is 276 g/mol. The monoisotopic (exact) mass is 296 g/mol. The molecule has 0 amide bonds. The van der Waals surface area contributed by atoms with E-state index in [0.717, 1.165) is 16.6 Å². The highest BCUT2D eigenvalue weighted by atomic mass is 32.1. The van der Waals surface area contributed by atoms with Crippen molar-refractivity contribution in [2.75, 3.05) is 5.32 Å². The van der Waals surface area contributed by atoms with Crippen molar-refractivity contribution < 1.29 is 0 Å². The number of rotatable bonds is 5. The molecule has 0 aliphatic carbocycles. The van der Waals surface area contributed by atoms with Crippen LogP contribution in [0.15, 0.2) is 5.38 Å². The molecule has 0 bridgehead atoms. The second-order valence-electron chi connectivity index (χ2n) is 5.24. The molecule has 6 heteroatoms. The van der Waals surface area contributed by atoms with E-state index in [1.54, 1.807) is 11.3 Å². The zero-order valence-electron chi connectivity index (χ0n) is 12.0. The van der Waals surface area contributed by atoms with Gasteiger partial charge < -0.3 is 5.32 Å². The predicted octanol–water partition coefficient (Wildman–Crippen LogP) is 4.41. The first-order chi connectivity index (χ1) is 8.97. The average molecular weight is 296 g/mol. The summed E-state index contributed by atoms with van der Waals surface area (Å²) in [5.74, 6) is 1.76. The van der Waals surface area contributed by atoms with E-state index in [4.69, 9.17) is 0 Å². The Kier molecular flexibility index (Phi) is 4.52. The smallest absolute Gasteiger partial charge is 0.203 e. The first-order valence-corrected chi connectivity index (χ1v) is 8.18. The lowest BCUT2D eigenvalue weighted by Crippen LogP contribution is -2.07. The van der Waals surface area contributed by atoms with Gasteiger partial charge >= 0.3 is 0 Å². The maximum atomic E-state index is 4.66. The van der Waals surface area contributed by atoms with E-state index in [2.05, 4.69) is 59.7 Å². The third kappa shape index (κ3) is 3.51. The summed E-state index contributed by atoms with van der Waals surface area (Å²) in [5, 5.41) is 7.55. The van der Waals surface area contributed by atoms with Crippen LogP contribution in [0, 0.1) is 0 Å². The van der Waals surface area contributed by atoms with Crippen molar-refractivity contribution >= 4 is 28.0 Å². The van der Waals surface area contributed by atoms with Crippen molar-refractivity contribution in [3.8, 4) is 0 Å². The zero-order chi connectivity index (χ0) is 14.0. The Morgan fingerprint density at radius 2 is 1.79 bits per heavy atom. The van der Waals surface area contributed by atoms with Crippen LogP contribution in [-0.2, 0) is 0 Å². The Hall–Kier alpha value is -1.01. The highest BCUT2D eigenvalue weighted by Gasteiger charge is 2.14. The number of thiazole rings is 1. The van der Waals surface area contributed by atoms with Gasteiger partial charge in [0.25, 0.3) is 0 Å². The third-order valence-corrected chi connectivity index (χ3v) is 4.60. The summed E-state index contributed by atoms with van der Waals surface area (Å²) in [6.45, 7) is 10.6. The van der Waals surface area contributed by atoms with Gasteiger partial charge in [-0.3, -0.25) is 0 Å². The van der Waals surface area contributed by atoms with Crippen LogP contribution in [0.2, 0.25) is 0 Å². The van der Waals surface area contributed by atoms with Gasteiger partial charge in [-0.05, 0) is 6.92 Å². The molecule has 0 aliphatic heterocycles. The Morgan fingerprint density at radius 1 is 1.05 bits per heavy atom. The fourth-order valence-corrected chi connectivity index (χ4v) is 3.28. The van der Waals surface area contributed by atoms with E-state index in [0.29, 0.717) is 11.8 Å². The molecule has 0 radical (unpaired) electrons. The minimum Gasteiger partial charge on any atom is -0.352 e. The molecule has 0 saturated carbocycles. The number of nitrogens with zero attached hydrogens (tertiary/aromatic N) is 3. The number of anilines is 1. The Balaban J connectivity index is 2.04. The second kappa shape index (κ2) is 5.96. The Bertz CT molecular complexity index is 530. The maximum Gasteiger partial charge on any atom is 0.203 e. The third-order valence-electron chi connectivity index (χ3n) is 2.78. The molecule has 0 spiro atoms. The van der Waals surface area contributed by atoms with E-state index in [9.17, 15) is 0 Å². The minimum atomic E-state index is 0.164. The molecule has 4 nitrogen and oxygen atoms in total. The first kappa shape index (κ1) is 14.4. The molecule has 0 aromatic carbocycles. The van der Waals surface area contributed by atoms with Gasteiger partial charge in [0.1, 0.15) is 5.82 Å². The average Bonchev–Trinajstić information content (AvgIpc) is 2.96. The molecule has 0 aliphatic rings. The first-order valence-electron chi connectivity index (χ1n) is 6.52. The molecule has 2 aromatic heterocycles. The molecule has 1 atom stereocenters. The number of aromatic nitrogens is 3. The van der Waals surface area contributed by atoms with Crippen LogP contribution in [0.1, 0.15) is 69.0 Å². The van der Waals surface area contributed by atoms with E-state index in [-0.39, 0.29) is 6.04 Å². The quantitative estimate of drug-likeness (QED) is 0.887. The van der Waals surface area contributed by atoms with Crippen molar-refractivity contribution in [1.82, 2.24) is 14.3 Å². The lowest BCUT2D eigenvalue weighted by Gasteiger charge is -2.09. The molecule has 2 rings (SSSR count). The van der Waals surface area contributed by atoms with E-state index in [1.165, 1.54) is 16.5 Å². The van der Waals surface area contributed by atoms with Crippen molar-refractivity contribution in [2.24, 2.45) is 0 Å². The summed E-state index contributed by atoms with van der Waals surface area (Å²) in [6, 6.07) is 0.164. The van der Waals surface area contributed by atoms with Crippen molar-refractivity contribution in [2.45, 2.75) is 52.5 Å². The number of nitrogens with one attached hydrogen (secondary N) is 1. The number of hydrogen-bond acceptors (Lipinski definition) is 6. The van der Waals surface area contributed by atoms with Gasteiger partial charge in [0.2, 0.25) is 5.13 Å². The summed E-state index contributed by atoms with van der Waals surface area (Å²) in [5.41, 5.74) is 1.08. The summed E-state index contributed by atoms with van der Waals surface area (Å²) in [6.07, 6.45) is 0. The SMILES string of the molecule is CC(C)c1nsc(NC(C)c2csc(C(C)C)n2)n1. The van der Waals surface area contributed by atoms with Gasteiger partial charge in [-0.1, -0.05) is 27.7 Å². The molecule has 0 fully saturated rings. The van der Waals surface area contributed by atoms with Crippen LogP contribution in [-0.4, -0.2) is 14.3 Å². The van der Waals surface area contributed by atoms with Gasteiger partial charge in [-0.25, -0.2) is 9.97 Å². The van der Waals surface area contributed by atoms with Gasteiger partial charge in [0, 0.05) is 28.7 Å². The molecular formula is C13H20N4S2. The molecule has 1 unspecified atom stereocenters. The fraction of sp³-hybridized carbons (Fsp3) is 0.615. The van der Waals surface area contributed by atoms with Crippen molar-refractivity contribution in [3.63, 3.8) is 0 Å². The Labute approximate surface area is 122 Å². The van der Waals surface area contributed by atoms with Gasteiger partial charge in [-0.2, -0.15) is 4.37 Å². The van der Waals surface area contributed by atoms with Crippen LogP contribution in [0.5, 0.6) is 0 Å². The summed E-state index contributed by atoms with van der Waals surface area (Å²) in [7, 11) is 0. The lowest BCUT2D eigenvalue weighted by molar-refractivity contribution is 0.785. The summed E-state index contributed by atoms with van der Waals surface area (Å²) < 4.78 is 4.35. The normalized spacial score (nSPS) is 13.2. The molecule has 104 valence electrons. The van der Waals surface area contributed by atoms with Crippen LogP contribution < -0.4 is 5.32 Å². The molecule has 2 aromatic rings. The van der Waals surface area contributed by atoms with E-state index in [1.807, 2.05) is 0 Å². The summed E-state index contributed by atoms with van der Waals surface area (Å²) >= 11 is 3.14. The van der Waals surface area contributed by atoms with E-state index < -0.39 is 0 Å². The predicted molar refractivity (Wildman–Crippen MR) is 82.2 cm³/mol. The number of hydrogen-bond donors (Lipinski definition) is 1. The zero-order valence-corrected chi connectivity index (χ0v) is 13.6. The van der Waals surface area contributed by atoms with Crippen molar-refractivity contribution in [3.05, 3.63) is 21.9 Å². The minimum absolute atomic E-state index is 0.164.